The number of furan rings is 1. The fraction of sp³-hybridized carbons (Fsp3) is 0.400. The van der Waals surface area contributed by atoms with Crippen LogP contribution in [-0.2, 0) is 16.1 Å². The molecule has 1 aromatic rings. The van der Waals surface area contributed by atoms with Gasteiger partial charge in [-0.3, -0.25) is 20.2 Å². The van der Waals surface area contributed by atoms with Crippen LogP contribution in [0.1, 0.15) is 18.6 Å². The second-order valence-corrected chi connectivity index (χ2v) is 3.46. The van der Waals surface area contributed by atoms with Crippen LogP contribution in [0.4, 0.5) is 0 Å². The number of carbonyl (C=O) groups is 2. The van der Waals surface area contributed by atoms with Gasteiger partial charge in [-0.2, -0.15) is 0 Å². The van der Waals surface area contributed by atoms with Gasteiger partial charge in [0.05, 0.1) is 18.8 Å². The highest BCUT2D eigenvalue weighted by atomic mass is 16.3. The highest BCUT2D eigenvalue weighted by molar-refractivity contribution is 6.00. The molecular formula is C10H12N2O3. The number of nitrogens with one attached hydrogen (secondary N) is 2. The first-order valence-corrected chi connectivity index (χ1v) is 4.85. The zero-order valence-corrected chi connectivity index (χ0v) is 8.16. The molecule has 0 aromatic carbocycles. The van der Waals surface area contributed by atoms with Crippen molar-refractivity contribution in [1.29, 1.82) is 0 Å². The predicted octanol–water partition coefficient (Wildman–Crippen LogP) is 0.174. The maximum atomic E-state index is 11.3. The van der Waals surface area contributed by atoms with Crippen LogP contribution in [0.2, 0.25) is 0 Å². The van der Waals surface area contributed by atoms with Gasteiger partial charge in [0.1, 0.15) is 5.76 Å². The van der Waals surface area contributed by atoms with Crippen LogP contribution in [0.25, 0.3) is 0 Å². The molecule has 1 unspecified atom stereocenters. The normalized spacial score (nSPS) is 21.5. The van der Waals surface area contributed by atoms with E-state index in [4.69, 9.17) is 4.42 Å². The third kappa shape index (κ3) is 2.44. The van der Waals surface area contributed by atoms with Crippen LogP contribution in [0.3, 0.4) is 0 Å². The lowest BCUT2D eigenvalue weighted by Crippen LogP contribution is -2.50. The molecule has 1 aromatic heterocycles. The number of piperidine rings is 1. The van der Waals surface area contributed by atoms with Gasteiger partial charge in [-0.25, -0.2) is 0 Å². The Morgan fingerprint density at radius 2 is 2.40 bits per heavy atom. The maximum Gasteiger partial charge on any atom is 0.243 e. The third-order valence-corrected chi connectivity index (χ3v) is 2.34. The molecule has 15 heavy (non-hydrogen) atoms. The molecule has 2 heterocycles. The Balaban J connectivity index is 1.85. The van der Waals surface area contributed by atoms with Crippen molar-refractivity contribution in [2.24, 2.45) is 0 Å². The number of amides is 2. The lowest BCUT2D eigenvalue weighted by molar-refractivity contribution is -0.134. The largest absolute Gasteiger partial charge is 0.468 e. The lowest BCUT2D eigenvalue weighted by atomic mass is 10.1. The molecule has 1 fully saturated rings. The van der Waals surface area contributed by atoms with E-state index in [1.54, 1.807) is 12.3 Å². The zero-order chi connectivity index (χ0) is 10.7. The molecule has 0 aliphatic carbocycles. The monoisotopic (exact) mass is 208 g/mol. The van der Waals surface area contributed by atoms with Gasteiger partial charge in [0.15, 0.2) is 0 Å². The predicted molar refractivity (Wildman–Crippen MR) is 51.7 cm³/mol. The first kappa shape index (κ1) is 9.92. The van der Waals surface area contributed by atoms with Gasteiger partial charge in [0.25, 0.3) is 0 Å². The minimum atomic E-state index is -0.298. The second kappa shape index (κ2) is 4.27. The fourth-order valence-electron chi connectivity index (χ4n) is 1.53. The van der Waals surface area contributed by atoms with E-state index in [0.717, 1.165) is 5.76 Å². The van der Waals surface area contributed by atoms with Crippen LogP contribution in [0.15, 0.2) is 22.8 Å². The molecule has 80 valence electrons. The fourth-order valence-corrected chi connectivity index (χ4v) is 1.53. The van der Waals surface area contributed by atoms with Crippen LogP contribution < -0.4 is 10.6 Å². The molecule has 5 heteroatoms. The van der Waals surface area contributed by atoms with Crippen LogP contribution in [0.5, 0.6) is 0 Å². The SMILES string of the molecule is O=C1CCC(NCc2ccco2)C(=O)N1. The molecule has 0 saturated carbocycles. The van der Waals surface area contributed by atoms with Crippen molar-refractivity contribution < 1.29 is 14.0 Å². The molecule has 1 saturated heterocycles. The first-order chi connectivity index (χ1) is 7.25. The van der Waals surface area contributed by atoms with Crippen molar-refractivity contribution >= 4 is 11.8 Å². The van der Waals surface area contributed by atoms with Gasteiger partial charge in [0.2, 0.25) is 11.8 Å². The number of carbonyl (C=O) groups excluding carboxylic acids is 2. The number of imide groups is 1. The highest BCUT2D eigenvalue weighted by Crippen LogP contribution is 2.06. The van der Waals surface area contributed by atoms with Crippen LogP contribution in [-0.4, -0.2) is 17.9 Å². The van der Waals surface area contributed by atoms with E-state index >= 15 is 0 Å². The summed E-state index contributed by atoms with van der Waals surface area (Å²) in [4.78, 5) is 22.2. The highest BCUT2D eigenvalue weighted by Gasteiger charge is 2.25. The van der Waals surface area contributed by atoms with Crippen molar-refractivity contribution in [2.45, 2.75) is 25.4 Å². The zero-order valence-electron chi connectivity index (χ0n) is 8.16. The first-order valence-electron chi connectivity index (χ1n) is 4.85. The van der Waals surface area contributed by atoms with Gasteiger partial charge >= 0.3 is 0 Å². The van der Waals surface area contributed by atoms with Gasteiger partial charge < -0.3 is 4.42 Å². The number of hydrogen-bond acceptors (Lipinski definition) is 4. The van der Waals surface area contributed by atoms with Gasteiger partial charge in [-0.05, 0) is 18.6 Å². The molecule has 1 atom stereocenters. The van der Waals surface area contributed by atoms with Gasteiger partial charge in [0, 0.05) is 6.42 Å². The molecule has 0 bridgehead atoms. The summed E-state index contributed by atoms with van der Waals surface area (Å²) in [5.74, 6) is 0.327. The van der Waals surface area contributed by atoms with Crippen molar-refractivity contribution in [3.05, 3.63) is 24.2 Å². The number of rotatable bonds is 3. The molecule has 1 aliphatic heterocycles. The maximum absolute atomic E-state index is 11.3. The van der Waals surface area contributed by atoms with E-state index in [1.165, 1.54) is 0 Å². The lowest BCUT2D eigenvalue weighted by Gasteiger charge is -2.21. The summed E-state index contributed by atoms with van der Waals surface area (Å²) < 4.78 is 5.12. The van der Waals surface area contributed by atoms with Crippen molar-refractivity contribution in [2.75, 3.05) is 0 Å². The van der Waals surface area contributed by atoms with Crippen LogP contribution in [0, 0.1) is 0 Å². The molecule has 2 rings (SSSR count). The van der Waals surface area contributed by atoms with E-state index < -0.39 is 0 Å². The van der Waals surface area contributed by atoms with Gasteiger partial charge in [-0.1, -0.05) is 0 Å². The molecule has 1 aliphatic rings. The molecule has 0 radical (unpaired) electrons. The van der Waals surface area contributed by atoms with E-state index in [9.17, 15) is 9.59 Å². The summed E-state index contributed by atoms with van der Waals surface area (Å²) in [6, 6.07) is 3.33. The average Bonchev–Trinajstić information content (AvgIpc) is 2.69. The van der Waals surface area contributed by atoms with Gasteiger partial charge in [-0.15, -0.1) is 0 Å². The molecule has 5 nitrogen and oxygen atoms in total. The summed E-state index contributed by atoms with van der Waals surface area (Å²) in [6.45, 7) is 0.499. The average molecular weight is 208 g/mol. The van der Waals surface area contributed by atoms with E-state index in [-0.39, 0.29) is 17.9 Å². The van der Waals surface area contributed by atoms with E-state index in [0.29, 0.717) is 19.4 Å². The Labute approximate surface area is 86.8 Å². The molecule has 0 spiro atoms. The molecule has 2 amide bonds. The van der Waals surface area contributed by atoms with Crippen molar-refractivity contribution in [3.8, 4) is 0 Å². The van der Waals surface area contributed by atoms with E-state index in [1.807, 2.05) is 6.07 Å². The Morgan fingerprint density at radius 3 is 3.07 bits per heavy atom. The Bertz CT molecular complexity index is 359. The Kier molecular flexibility index (Phi) is 2.82. The van der Waals surface area contributed by atoms with Crippen molar-refractivity contribution in [3.63, 3.8) is 0 Å². The second-order valence-electron chi connectivity index (χ2n) is 3.46. The number of hydrogen-bond donors (Lipinski definition) is 2. The summed E-state index contributed by atoms with van der Waals surface area (Å²) in [7, 11) is 0. The summed E-state index contributed by atoms with van der Waals surface area (Å²) in [6.07, 6.45) is 2.52. The molecular weight excluding hydrogens is 196 g/mol. The molecule has 2 N–H and O–H groups in total. The minimum Gasteiger partial charge on any atom is -0.468 e. The minimum absolute atomic E-state index is 0.198. The Morgan fingerprint density at radius 1 is 1.53 bits per heavy atom. The Hall–Kier alpha value is -1.62. The van der Waals surface area contributed by atoms with Crippen LogP contribution >= 0.6 is 0 Å². The van der Waals surface area contributed by atoms with Crippen molar-refractivity contribution in [1.82, 2.24) is 10.6 Å². The summed E-state index contributed by atoms with van der Waals surface area (Å²) in [5.41, 5.74) is 0. The smallest absolute Gasteiger partial charge is 0.243 e. The quantitative estimate of drug-likeness (QED) is 0.695. The third-order valence-electron chi connectivity index (χ3n) is 2.34. The topological polar surface area (TPSA) is 71.3 Å². The summed E-state index contributed by atoms with van der Waals surface area (Å²) in [5, 5.41) is 5.32. The standard InChI is InChI=1S/C10H12N2O3/c13-9-4-3-8(10(14)12-9)11-6-7-2-1-5-15-7/h1-2,5,8,11H,3-4,6H2,(H,12,13,14). The summed E-state index contributed by atoms with van der Waals surface area (Å²) >= 11 is 0. The van der Waals surface area contributed by atoms with E-state index in [2.05, 4.69) is 10.6 Å².